The van der Waals surface area contributed by atoms with Crippen LogP contribution in [0.5, 0.6) is 0 Å². The summed E-state index contributed by atoms with van der Waals surface area (Å²) in [4.78, 5) is 20.6. The van der Waals surface area contributed by atoms with Crippen LogP contribution in [0.25, 0.3) is 0 Å². The quantitative estimate of drug-likeness (QED) is 0.281. The van der Waals surface area contributed by atoms with E-state index >= 15 is 0 Å². The van der Waals surface area contributed by atoms with E-state index in [1.165, 1.54) is 13.3 Å². The highest BCUT2D eigenvalue weighted by Crippen LogP contribution is 2.26. The third-order valence-electron chi connectivity index (χ3n) is 4.45. The fourth-order valence-electron chi connectivity index (χ4n) is 3.07. The Morgan fingerprint density at radius 1 is 1.37 bits per heavy atom. The molecule has 0 unspecified atom stereocenters. The van der Waals surface area contributed by atoms with Crippen LogP contribution in [-0.2, 0) is 4.84 Å². The molecule has 10 heteroatoms. The van der Waals surface area contributed by atoms with Crippen molar-refractivity contribution < 1.29 is 14.0 Å². The van der Waals surface area contributed by atoms with Crippen LogP contribution in [0.15, 0.2) is 18.0 Å². The molecular formula is C17H26FN7O2. The number of rotatable bonds is 9. The Morgan fingerprint density at radius 2 is 2.07 bits per heavy atom. The van der Waals surface area contributed by atoms with Gasteiger partial charge >= 0.3 is 0 Å². The number of allylic oxidation sites excluding steroid dienone is 1. The van der Waals surface area contributed by atoms with Gasteiger partial charge in [0.25, 0.3) is 5.91 Å². The molecule has 27 heavy (non-hydrogen) atoms. The van der Waals surface area contributed by atoms with Gasteiger partial charge in [-0.25, -0.2) is 9.37 Å². The second kappa shape index (κ2) is 9.83. The molecule has 0 aliphatic heterocycles. The maximum Gasteiger partial charge on any atom is 0.252 e. The molecule has 0 bridgehead atoms. The molecule has 1 aliphatic rings. The highest BCUT2D eigenvalue weighted by atomic mass is 19.1. The molecule has 1 amide bonds. The zero-order valence-electron chi connectivity index (χ0n) is 15.4. The first kappa shape index (κ1) is 20.6. The van der Waals surface area contributed by atoms with Crippen molar-refractivity contribution in [3.05, 3.63) is 29.3 Å². The summed E-state index contributed by atoms with van der Waals surface area (Å²) in [6, 6.07) is 1.27. The lowest BCUT2D eigenvalue weighted by Gasteiger charge is -2.32. The molecule has 1 saturated carbocycles. The van der Waals surface area contributed by atoms with Crippen molar-refractivity contribution in [2.45, 2.75) is 37.8 Å². The number of likely N-dealkylation sites (N-methyl/N-ethyl adjacent to an activating group) is 1. The lowest BCUT2D eigenvalue weighted by atomic mass is 9.90. The molecule has 0 saturated heterocycles. The van der Waals surface area contributed by atoms with Gasteiger partial charge in [0.15, 0.2) is 11.6 Å². The lowest BCUT2D eigenvalue weighted by molar-refractivity contribution is 0.100. The molecule has 1 aromatic rings. The van der Waals surface area contributed by atoms with Crippen LogP contribution < -0.4 is 27.2 Å². The van der Waals surface area contributed by atoms with Gasteiger partial charge in [0, 0.05) is 24.5 Å². The summed E-state index contributed by atoms with van der Waals surface area (Å²) in [7, 11) is 3.29. The number of hydrogen-bond donors (Lipinski definition) is 6. The number of aromatic nitrogens is 1. The second-order valence-electron chi connectivity index (χ2n) is 6.20. The zero-order chi connectivity index (χ0) is 19.8. The van der Waals surface area contributed by atoms with E-state index < -0.39 is 11.7 Å². The van der Waals surface area contributed by atoms with Gasteiger partial charge in [0.2, 0.25) is 0 Å². The molecule has 2 rings (SSSR count). The van der Waals surface area contributed by atoms with E-state index in [1.54, 1.807) is 0 Å². The molecule has 9 nitrogen and oxygen atoms in total. The minimum Gasteiger partial charge on any atom is -0.365 e. The topological polar surface area (TPSA) is 137 Å². The second-order valence-corrected chi connectivity index (χ2v) is 6.20. The van der Waals surface area contributed by atoms with Gasteiger partial charge in [-0.05, 0) is 26.0 Å². The smallest absolute Gasteiger partial charge is 0.252 e. The van der Waals surface area contributed by atoms with E-state index in [9.17, 15) is 9.18 Å². The number of halogens is 1. The first-order chi connectivity index (χ1) is 13.0. The average Bonchev–Trinajstić information content (AvgIpc) is 2.67. The van der Waals surface area contributed by atoms with Gasteiger partial charge in [-0.3, -0.25) is 15.1 Å². The number of carbonyl (C=O) groups excluding carboxylic acids is 1. The molecule has 0 radical (unpaired) electrons. The summed E-state index contributed by atoms with van der Waals surface area (Å²) in [5.74, 6) is -1.41. The van der Waals surface area contributed by atoms with Crippen LogP contribution in [0.4, 0.5) is 16.0 Å². The van der Waals surface area contributed by atoms with Crippen molar-refractivity contribution in [1.82, 2.24) is 15.8 Å². The summed E-state index contributed by atoms with van der Waals surface area (Å²) in [6.45, 7) is 0. The number of amides is 1. The SMILES string of the molecule is CN[C@H]1CCCC[C@H]1Nc1nc(N/C(C=N)=C/NOC)c(C(N)=O)cc1F. The number of hydrogen-bond acceptors (Lipinski definition) is 8. The minimum absolute atomic E-state index is 0.0194. The highest BCUT2D eigenvalue weighted by molar-refractivity contribution is 5.99. The molecule has 1 fully saturated rings. The fourth-order valence-corrected chi connectivity index (χ4v) is 3.07. The van der Waals surface area contributed by atoms with Crippen LogP contribution in [0.2, 0.25) is 0 Å². The summed E-state index contributed by atoms with van der Waals surface area (Å²) >= 11 is 0. The van der Waals surface area contributed by atoms with Crippen molar-refractivity contribution in [1.29, 1.82) is 5.41 Å². The Hall–Kier alpha value is -2.72. The molecule has 0 aromatic carbocycles. The summed E-state index contributed by atoms with van der Waals surface area (Å²) in [5.41, 5.74) is 7.93. The predicted molar refractivity (Wildman–Crippen MR) is 102 cm³/mol. The molecular weight excluding hydrogens is 353 g/mol. The Balaban J connectivity index is 2.33. The van der Waals surface area contributed by atoms with Gasteiger partial charge in [0.1, 0.15) is 5.82 Å². The summed E-state index contributed by atoms with van der Waals surface area (Å²) < 4.78 is 14.5. The fraction of sp³-hybridized carbons (Fsp3) is 0.471. The molecule has 2 atom stereocenters. The third kappa shape index (κ3) is 5.38. The van der Waals surface area contributed by atoms with E-state index in [-0.39, 0.29) is 35.0 Å². The lowest BCUT2D eigenvalue weighted by Crippen LogP contribution is -2.45. The number of nitrogens with two attached hydrogens (primary N) is 1. The van der Waals surface area contributed by atoms with E-state index in [4.69, 9.17) is 16.0 Å². The van der Waals surface area contributed by atoms with Crippen molar-refractivity contribution >= 4 is 23.8 Å². The molecule has 1 heterocycles. The monoisotopic (exact) mass is 379 g/mol. The molecule has 7 N–H and O–H groups in total. The summed E-state index contributed by atoms with van der Waals surface area (Å²) in [5, 5.41) is 16.6. The maximum atomic E-state index is 14.5. The number of nitrogens with one attached hydrogen (secondary N) is 5. The minimum atomic E-state index is -0.828. The number of carbonyl (C=O) groups is 1. The maximum absolute atomic E-state index is 14.5. The normalized spacial score (nSPS) is 20.0. The standard InChI is InChI=1S/C17H26FN7O2/c1-21-13-5-3-4-6-14(13)24-17-12(18)7-11(15(20)26)16(25-17)23-10(8-19)9-22-27-2/h7-9,13-14,19,21-22H,3-6H2,1-2H3,(H2,20,26)(H2,23,24,25)/b10-9+,19-8?/t13-,14+/m0/s1. The van der Waals surface area contributed by atoms with Crippen molar-refractivity contribution in [2.24, 2.45) is 5.73 Å². The molecule has 1 aromatic heterocycles. The van der Waals surface area contributed by atoms with Gasteiger partial charge in [-0.15, -0.1) is 0 Å². The number of nitrogens with zero attached hydrogens (tertiary/aromatic N) is 1. The van der Waals surface area contributed by atoms with Crippen LogP contribution >= 0.6 is 0 Å². The van der Waals surface area contributed by atoms with Crippen molar-refractivity contribution in [2.75, 3.05) is 24.8 Å². The zero-order valence-corrected chi connectivity index (χ0v) is 15.4. The van der Waals surface area contributed by atoms with Gasteiger partial charge in [-0.1, -0.05) is 12.8 Å². The van der Waals surface area contributed by atoms with Crippen LogP contribution in [-0.4, -0.2) is 43.3 Å². The van der Waals surface area contributed by atoms with Crippen molar-refractivity contribution in [3.63, 3.8) is 0 Å². The number of primary amides is 1. The first-order valence-electron chi connectivity index (χ1n) is 8.70. The van der Waals surface area contributed by atoms with Crippen LogP contribution in [0.1, 0.15) is 36.0 Å². The third-order valence-corrected chi connectivity index (χ3v) is 4.45. The van der Waals surface area contributed by atoms with E-state index in [0.29, 0.717) is 0 Å². The van der Waals surface area contributed by atoms with Gasteiger partial charge < -0.3 is 27.1 Å². The van der Waals surface area contributed by atoms with Crippen LogP contribution in [0, 0.1) is 11.2 Å². The van der Waals surface area contributed by atoms with Crippen molar-refractivity contribution in [3.8, 4) is 0 Å². The number of anilines is 2. The number of hydroxylamine groups is 1. The predicted octanol–water partition coefficient (Wildman–Crippen LogP) is 1.32. The Morgan fingerprint density at radius 3 is 2.67 bits per heavy atom. The Bertz CT molecular complexity index is 711. The molecule has 1 aliphatic carbocycles. The first-order valence-corrected chi connectivity index (χ1v) is 8.70. The van der Waals surface area contributed by atoms with Gasteiger partial charge in [0.05, 0.1) is 18.4 Å². The van der Waals surface area contributed by atoms with E-state index in [2.05, 4.69) is 26.4 Å². The van der Waals surface area contributed by atoms with Crippen LogP contribution in [0.3, 0.4) is 0 Å². The Labute approximate surface area is 157 Å². The summed E-state index contributed by atoms with van der Waals surface area (Å²) in [6.07, 6.45) is 6.39. The molecule has 148 valence electrons. The number of pyridine rings is 1. The Kier molecular flexibility index (Phi) is 7.50. The van der Waals surface area contributed by atoms with Gasteiger partial charge in [-0.2, -0.15) is 0 Å². The average molecular weight is 379 g/mol. The molecule has 0 spiro atoms. The largest absolute Gasteiger partial charge is 0.365 e. The van der Waals surface area contributed by atoms with E-state index in [1.807, 2.05) is 7.05 Å². The highest BCUT2D eigenvalue weighted by Gasteiger charge is 2.26. The van der Waals surface area contributed by atoms with E-state index in [0.717, 1.165) is 38.0 Å².